The van der Waals surface area contributed by atoms with Crippen LogP contribution in [0.1, 0.15) is 38.4 Å². The van der Waals surface area contributed by atoms with Gasteiger partial charge in [-0.3, -0.25) is 0 Å². The predicted molar refractivity (Wildman–Crippen MR) is 119 cm³/mol. The number of nitrogens with one attached hydrogen (secondary N) is 1. The highest BCUT2D eigenvalue weighted by molar-refractivity contribution is 5.42. The molecule has 1 saturated heterocycles. The number of ether oxygens (including phenoxy) is 1. The number of hydrogen-bond donors (Lipinski definition) is 1. The quantitative estimate of drug-likeness (QED) is 0.592. The number of aromatic nitrogens is 5. The summed E-state index contributed by atoms with van der Waals surface area (Å²) in [6, 6.07) is 5.91. The van der Waals surface area contributed by atoms with Gasteiger partial charge < -0.3 is 15.0 Å². The Morgan fingerprint density at radius 3 is 2.48 bits per heavy atom. The third kappa shape index (κ3) is 4.34. The molecule has 0 spiro atoms. The summed E-state index contributed by atoms with van der Waals surface area (Å²) in [4.78, 5) is 15.5. The molecular weight excluding hydrogens is 428 g/mol. The van der Waals surface area contributed by atoms with Crippen molar-refractivity contribution in [1.29, 1.82) is 0 Å². The van der Waals surface area contributed by atoms with E-state index >= 15 is 0 Å². The van der Waals surface area contributed by atoms with E-state index in [-0.39, 0.29) is 23.8 Å². The molecule has 3 aromatic rings. The monoisotopic (exact) mass is 455 g/mol. The fraction of sp³-hybridized carbons (Fsp3) is 0.478. The third-order valence-corrected chi connectivity index (χ3v) is 6.43. The lowest BCUT2D eigenvalue weighted by molar-refractivity contribution is 0.372. The van der Waals surface area contributed by atoms with Gasteiger partial charge in [0.2, 0.25) is 5.95 Å². The van der Waals surface area contributed by atoms with Crippen molar-refractivity contribution >= 4 is 11.8 Å². The van der Waals surface area contributed by atoms with E-state index in [4.69, 9.17) is 4.74 Å². The Bertz CT molecular complexity index is 1140. The Kier molecular flexibility index (Phi) is 5.59. The van der Waals surface area contributed by atoms with Gasteiger partial charge in [-0.1, -0.05) is 0 Å². The minimum atomic E-state index is -0.969. The van der Waals surface area contributed by atoms with Crippen molar-refractivity contribution in [2.24, 2.45) is 11.8 Å². The van der Waals surface area contributed by atoms with Gasteiger partial charge in [-0.25, -0.2) is 23.4 Å². The first-order valence-corrected chi connectivity index (χ1v) is 11.3. The number of anilines is 2. The molecule has 2 aromatic heterocycles. The minimum Gasteiger partial charge on any atom is -0.424 e. The summed E-state index contributed by atoms with van der Waals surface area (Å²) in [6.45, 7) is 7.72. The van der Waals surface area contributed by atoms with E-state index in [0.29, 0.717) is 17.8 Å². The molecule has 1 saturated carbocycles. The van der Waals surface area contributed by atoms with E-state index in [2.05, 4.69) is 30.3 Å². The van der Waals surface area contributed by atoms with E-state index in [1.807, 2.05) is 26.8 Å². The second kappa shape index (κ2) is 8.57. The molecule has 0 radical (unpaired) electrons. The molecule has 1 aromatic carbocycles. The lowest BCUT2D eigenvalue weighted by atomic mass is 9.92. The van der Waals surface area contributed by atoms with Gasteiger partial charge in [0, 0.05) is 37.0 Å². The Labute approximate surface area is 191 Å². The Morgan fingerprint density at radius 1 is 1.06 bits per heavy atom. The van der Waals surface area contributed by atoms with Crippen LogP contribution in [0.15, 0.2) is 30.6 Å². The van der Waals surface area contributed by atoms with Gasteiger partial charge in [0.25, 0.3) is 0 Å². The van der Waals surface area contributed by atoms with Gasteiger partial charge in [-0.2, -0.15) is 4.98 Å². The van der Waals surface area contributed by atoms with Crippen LogP contribution in [-0.2, 0) is 0 Å². The molecule has 3 atom stereocenters. The zero-order chi connectivity index (χ0) is 23.1. The maximum absolute atomic E-state index is 13.6. The van der Waals surface area contributed by atoms with Gasteiger partial charge in [-0.05, 0) is 57.6 Å². The topological polar surface area (TPSA) is 81.0 Å². The molecule has 3 heterocycles. The number of halogens is 2. The van der Waals surface area contributed by atoms with Gasteiger partial charge in [-0.15, -0.1) is 5.10 Å². The average molecular weight is 456 g/mol. The smallest absolute Gasteiger partial charge is 0.322 e. The van der Waals surface area contributed by atoms with Gasteiger partial charge in [0.1, 0.15) is 17.9 Å². The number of benzene rings is 1. The largest absolute Gasteiger partial charge is 0.424 e. The van der Waals surface area contributed by atoms with Crippen molar-refractivity contribution in [2.75, 3.05) is 23.3 Å². The summed E-state index contributed by atoms with van der Waals surface area (Å²) >= 11 is 0. The molecule has 0 unspecified atom stereocenters. The average Bonchev–Trinajstić information content (AvgIpc) is 3.27. The highest BCUT2D eigenvalue weighted by Crippen LogP contribution is 2.40. The lowest BCUT2D eigenvalue weighted by Gasteiger charge is -2.38. The maximum Gasteiger partial charge on any atom is 0.322 e. The second-order valence-corrected chi connectivity index (χ2v) is 9.12. The number of piperidine rings is 1. The van der Waals surface area contributed by atoms with Crippen LogP contribution in [0.3, 0.4) is 0 Å². The molecule has 0 amide bonds. The molecule has 10 heteroatoms. The summed E-state index contributed by atoms with van der Waals surface area (Å²) in [5.41, 5.74) is 0.963. The van der Waals surface area contributed by atoms with Crippen LogP contribution in [0.25, 0.3) is 0 Å². The van der Waals surface area contributed by atoms with E-state index in [0.717, 1.165) is 49.6 Å². The minimum absolute atomic E-state index is 0.0204. The first-order valence-electron chi connectivity index (χ1n) is 11.3. The summed E-state index contributed by atoms with van der Waals surface area (Å²) in [6.07, 6.45) is 3.88. The molecule has 8 nitrogen and oxygen atoms in total. The van der Waals surface area contributed by atoms with E-state index in [1.54, 1.807) is 11.0 Å². The Balaban J connectivity index is 1.32. The van der Waals surface area contributed by atoms with E-state index in [1.165, 1.54) is 6.07 Å². The fourth-order valence-corrected chi connectivity index (χ4v) is 4.83. The Hall–Kier alpha value is -3.30. The van der Waals surface area contributed by atoms with Crippen LogP contribution in [-0.4, -0.2) is 43.9 Å². The van der Waals surface area contributed by atoms with Crippen molar-refractivity contribution in [2.45, 2.75) is 45.7 Å². The summed E-state index contributed by atoms with van der Waals surface area (Å²) in [5.74, 6) is 0.624. The predicted octanol–water partition coefficient (Wildman–Crippen LogP) is 4.35. The summed E-state index contributed by atoms with van der Waals surface area (Å²) < 4.78 is 34.3. The normalized spacial score (nSPS) is 22.1. The zero-order valence-corrected chi connectivity index (χ0v) is 18.9. The molecule has 2 fully saturated rings. The van der Waals surface area contributed by atoms with Crippen LogP contribution in [0.2, 0.25) is 0 Å². The SMILES string of the molecule is Cc1cc(N2C[C@H]3CC[C@@H](C2)[C@H]3Nc2nc(Oc3ccc(F)c(F)c3)n(C(C)C)n2)ncn1. The number of rotatable bonds is 6. The first-order chi connectivity index (χ1) is 15.9. The van der Waals surface area contributed by atoms with Gasteiger partial charge in [0.05, 0.1) is 6.04 Å². The van der Waals surface area contributed by atoms with Gasteiger partial charge in [0.15, 0.2) is 11.6 Å². The molecule has 1 aliphatic heterocycles. The molecule has 2 bridgehead atoms. The Morgan fingerprint density at radius 2 is 1.82 bits per heavy atom. The number of hydrogen-bond acceptors (Lipinski definition) is 7. The second-order valence-electron chi connectivity index (χ2n) is 9.12. The molecule has 174 valence electrons. The highest BCUT2D eigenvalue weighted by Gasteiger charge is 2.43. The van der Waals surface area contributed by atoms with E-state index in [9.17, 15) is 8.78 Å². The summed E-state index contributed by atoms with van der Waals surface area (Å²) in [5, 5.41) is 8.12. The van der Waals surface area contributed by atoms with Crippen LogP contribution in [0, 0.1) is 30.4 Å². The number of nitrogens with zero attached hydrogens (tertiary/aromatic N) is 6. The van der Waals surface area contributed by atoms with E-state index < -0.39 is 11.6 Å². The van der Waals surface area contributed by atoms with Crippen molar-refractivity contribution in [3.05, 3.63) is 47.9 Å². The lowest BCUT2D eigenvalue weighted by Crippen LogP contribution is -2.48. The van der Waals surface area contributed by atoms with Gasteiger partial charge >= 0.3 is 6.01 Å². The molecule has 2 aliphatic rings. The molecule has 33 heavy (non-hydrogen) atoms. The van der Waals surface area contributed by atoms with Crippen LogP contribution in [0.4, 0.5) is 20.5 Å². The first kappa shape index (κ1) is 21.5. The molecule has 1 N–H and O–H groups in total. The van der Waals surface area contributed by atoms with Crippen molar-refractivity contribution in [3.8, 4) is 11.8 Å². The standard InChI is InChI=1S/C23H27F2N7O/c1-13(2)32-23(33-17-6-7-18(24)19(25)9-17)29-22(30-32)28-21-15-4-5-16(21)11-31(10-15)20-8-14(3)26-12-27-20/h6-9,12-13,15-16,21H,4-5,10-11H2,1-3H3,(H,28,30)/t15-,16+,21+. The van der Waals surface area contributed by atoms with Crippen molar-refractivity contribution < 1.29 is 13.5 Å². The molecule has 5 rings (SSSR count). The zero-order valence-electron chi connectivity index (χ0n) is 18.9. The fourth-order valence-electron chi connectivity index (χ4n) is 4.83. The van der Waals surface area contributed by atoms with Crippen LogP contribution < -0.4 is 15.0 Å². The molecule has 1 aliphatic carbocycles. The molecular formula is C23H27F2N7O. The maximum atomic E-state index is 13.6. The van der Waals surface area contributed by atoms with Crippen LogP contribution >= 0.6 is 0 Å². The third-order valence-electron chi connectivity index (χ3n) is 6.43. The summed E-state index contributed by atoms with van der Waals surface area (Å²) in [7, 11) is 0. The van der Waals surface area contributed by atoms with Crippen molar-refractivity contribution in [3.63, 3.8) is 0 Å². The number of aryl methyl sites for hydroxylation is 1. The number of fused-ring (bicyclic) bond motifs is 2. The highest BCUT2D eigenvalue weighted by atomic mass is 19.2. The van der Waals surface area contributed by atoms with Crippen molar-refractivity contribution in [1.82, 2.24) is 24.7 Å². The van der Waals surface area contributed by atoms with Crippen LogP contribution in [0.5, 0.6) is 11.8 Å².